The van der Waals surface area contributed by atoms with Crippen LogP contribution in [0.15, 0.2) is 23.3 Å². The van der Waals surface area contributed by atoms with Gasteiger partial charge in [0, 0.05) is 67.8 Å². The monoisotopic (exact) mass is 1760 g/mol. The first-order valence-corrected chi connectivity index (χ1v) is 41.6. The molecule has 0 bridgehead atoms. The average molecular weight is 1760 g/mol. The summed E-state index contributed by atoms with van der Waals surface area (Å²) in [5.74, 6) is -4.36. The minimum Gasteiger partial charge on any atom is -0.492 e. The molecule has 0 atom stereocenters. The third-order valence-corrected chi connectivity index (χ3v) is 15.9. The molecule has 0 aromatic heterocycles. The number of ether oxygens (including phenoxy) is 25. The van der Waals surface area contributed by atoms with Crippen molar-refractivity contribution in [2.75, 3.05) is 350 Å². The minimum absolute atomic E-state index is 0.0402. The standard InChI is InChI=1S/C78H132N8O36/c79-84-83-11-3-1-2-4-70(87)80-14-19-120-69-65-67(77(94)81-12-17-98-22-26-102-30-34-106-38-42-110-46-50-114-54-58-118-62-60-116-56-52-112-48-44-108-40-36-104-32-28-100-24-20-96-15-9-75(92)121-85-71(88)5-6-72(85)89)64-68(66-69)78(95)82-13-18-99-23-27-103-31-35-107-39-43-111-47-51-115-55-59-119-63-61-117-57-53-113-49-45-109-41-37-105-33-29-101-25-21-97-16-10-76(93)122-86-73(90)7-8-74(86)91/h64-66H,1-63H2,(H,80,87)(H,81,94)(H,82,95). The van der Waals surface area contributed by atoms with E-state index >= 15 is 0 Å². The molecular weight excluding hydrogens is 1620 g/mol. The molecular formula is C78H132N8O36. The summed E-state index contributed by atoms with van der Waals surface area (Å²) in [5, 5.41) is 12.9. The van der Waals surface area contributed by atoms with E-state index < -0.39 is 47.4 Å². The summed E-state index contributed by atoms with van der Waals surface area (Å²) in [4.78, 5) is 121. The number of nitrogens with one attached hydrogen (secondary N) is 3. The van der Waals surface area contributed by atoms with Gasteiger partial charge in [0.2, 0.25) is 5.91 Å². The van der Waals surface area contributed by atoms with Crippen LogP contribution in [0, 0.1) is 0 Å². The second-order valence-electron chi connectivity index (χ2n) is 25.5. The summed E-state index contributed by atoms with van der Waals surface area (Å²) in [7, 11) is 0. The highest BCUT2D eigenvalue weighted by Gasteiger charge is 2.34. The number of rotatable bonds is 92. The molecule has 7 amide bonds. The van der Waals surface area contributed by atoms with Gasteiger partial charge >= 0.3 is 11.9 Å². The third-order valence-electron chi connectivity index (χ3n) is 15.9. The normalized spacial score (nSPS) is 12.8. The van der Waals surface area contributed by atoms with Crippen LogP contribution < -0.4 is 20.7 Å². The highest BCUT2D eigenvalue weighted by Crippen LogP contribution is 2.19. The fourth-order valence-corrected chi connectivity index (χ4v) is 9.72. The number of hydrogen-bond donors (Lipinski definition) is 3. The van der Waals surface area contributed by atoms with E-state index in [0.29, 0.717) is 300 Å². The molecule has 0 radical (unpaired) electrons. The van der Waals surface area contributed by atoms with Crippen LogP contribution in [-0.4, -0.2) is 413 Å². The summed E-state index contributed by atoms with van der Waals surface area (Å²) < 4.78 is 138. The highest BCUT2D eigenvalue weighted by atomic mass is 16.7. The number of amides is 7. The van der Waals surface area contributed by atoms with Gasteiger partial charge in [-0.05, 0) is 36.6 Å². The molecule has 2 aliphatic heterocycles. The molecule has 0 aliphatic carbocycles. The lowest BCUT2D eigenvalue weighted by molar-refractivity contribution is -0.198. The number of benzene rings is 1. The number of carbonyl (C=O) groups is 9. The quantitative estimate of drug-likeness (QED) is 0.0268. The fraction of sp³-hybridized carbons (Fsp3) is 0.808. The zero-order chi connectivity index (χ0) is 87.4. The van der Waals surface area contributed by atoms with Crippen LogP contribution in [0.4, 0.5) is 0 Å². The Kier molecular flexibility index (Phi) is 73.6. The predicted octanol–water partition coefficient (Wildman–Crippen LogP) is 0.905. The Labute approximate surface area is 712 Å². The summed E-state index contributed by atoms with van der Waals surface area (Å²) in [6, 6.07) is 4.49. The molecule has 700 valence electrons. The average Bonchev–Trinajstić information content (AvgIpc) is 1.06. The molecule has 2 saturated heterocycles. The topological polar surface area (TPSA) is 494 Å². The molecule has 3 N–H and O–H groups in total. The maximum absolute atomic E-state index is 13.3. The van der Waals surface area contributed by atoms with Gasteiger partial charge in [-0.1, -0.05) is 11.5 Å². The van der Waals surface area contributed by atoms with Crippen molar-refractivity contribution in [2.45, 2.75) is 64.2 Å². The number of azide groups is 1. The zero-order valence-corrected chi connectivity index (χ0v) is 70.7. The number of hydrogen-bond acceptors (Lipinski definition) is 37. The van der Waals surface area contributed by atoms with Crippen molar-refractivity contribution in [1.29, 1.82) is 0 Å². The Balaban J connectivity index is 1.05. The van der Waals surface area contributed by atoms with Crippen molar-refractivity contribution in [3.05, 3.63) is 39.8 Å². The van der Waals surface area contributed by atoms with Crippen molar-refractivity contribution in [3.63, 3.8) is 0 Å². The molecule has 0 unspecified atom stereocenters. The first-order chi connectivity index (χ1) is 60.0. The minimum atomic E-state index is -0.717. The van der Waals surface area contributed by atoms with Gasteiger partial charge in [-0.15, -0.1) is 10.1 Å². The van der Waals surface area contributed by atoms with Crippen molar-refractivity contribution in [2.24, 2.45) is 5.11 Å². The van der Waals surface area contributed by atoms with Gasteiger partial charge in [0.15, 0.2) is 0 Å². The van der Waals surface area contributed by atoms with Gasteiger partial charge in [-0.2, -0.15) is 0 Å². The SMILES string of the molecule is [N-]=[N+]=NCCCCCC(=O)NCCOc1cc(C(=O)NCCOCCOCCOCCOCCOCCOCCOCCOCCOCCOCCOCCOCCC(=O)ON2C(=O)CCC2=O)cc(C(=O)NCCOCCOCCOCCOCCOCCOCCOCCOCCOCCOCCOCCOCCC(=O)ON2C(=O)CCC2=O)c1. The Morgan fingerprint density at radius 3 is 0.762 bits per heavy atom. The van der Waals surface area contributed by atoms with Gasteiger partial charge in [0.05, 0.1) is 337 Å². The fourth-order valence-electron chi connectivity index (χ4n) is 9.72. The van der Waals surface area contributed by atoms with E-state index in [9.17, 15) is 43.2 Å². The lowest BCUT2D eigenvalue weighted by Gasteiger charge is -2.13. The highest BCUT2D eigenvalue weighted by molar-refractivity contribution is 6.02. The van der Waals surface area contributed by atoms with Gasteiger partial charge in [-0.3, -0.25) is 33.6 Å². The smallest absolute Gasteiger partial charge is 0.335 e. The number of hydroxylamine groups is 4. The van der Waals surface area contributed by atoms with Crippen LogP contribution in [0.5, 0.6) is 5.75 Å². The van der Waals surface area contributed by atoms with Gasteiger partial charge < -0.3 is 144 Å². The molecule has 3 rings (SSSR count). The van der Waals surface area contributed by atoms with Crippen LogP contribution >= 0.6 is 0 Å². The van der Waals surface area contributed by atoms with Crippen LogP contribution in [0.25, 0.3) is 10.4 Å². The van der Waals surface area contributed by atoms with E-state index in [2.05, 4.69) is 26.0 Å². The molecule has 44 heteroatoms. The summed E-state index contributed by atoms with van der Waals surface area (Å²) >= 11 is 0. The first-order valence-electron chi connectivity index (χ1n) is 41.6. The Morgan fingerprint density at radius 1 is 0.287 bits per heavy atom. The van der Waals surface area contributed by atoms with E-state index in [1.54, 1.807) is 0 Å². The third kappa shape index (κ3) is 66.5. The maximum atomic E-state index is 13.3. The summed E-state index contributed by atoms with van der Waals surface area (Å²) in [6.45, 7) is 18.5. The molecule has 2 aliphatic rings. The van der Waals surface area contributed by atoms with Gasteiger partial charge in [0.1, 0.15) is 12.4 Å². The summed E-state index contributed by atoms with van der Waals surface area (Å²) in [5.41, 5.74) is 8.80. The number of unbranched alkanes of at least 4 members (excludes halogenated alkanes) is 2. The van der Waals surface area contributed by atoms with E-state index in [1.807, 2.05) is 0 Å². The Morgan fingerprint density at radius 2 is 0.516 bits per heavy atom. The molecule has 0 spiro atoms. The first kappa shape index (κ1) is 109. The van der Waals surface area contributed by atoms with Gasteiger partial charge in [-0.25, -0.2) is 9.59 Å². The lowest BCUT2D eigenvalue weighted by atomic mass is 10.1. The Hall–Kier alpha value is -7.00. The maximum Gasteiger partial charge on any atom is 0.335 e. The molecule has 1 aromatic rings. The molecule has 122 heavy (non-hydrogen) atoms. The number of nitrogens with zero attached hydrogens (tertiary/aromatic N) is 5. The molecule has 1 aromatic carbocycles. The zero-order valence-electron chi connectivity index (χ0n) is 70.7. The lowest BCUT2D eigenvalue weighted by Crippen LogP contribution is -2.32. The van der Waals surface area contributed by atoms with Crippen molar-refractivity contribution in [3.8, 4) is 5.75 Å². The van der Waals surface area contributed by atoms with E-state index in [4.69, 9.17) is 134 Å². The largest absolute Gasteiger partial charge is 0.492 e. The molecule has 2 fully saturated rings. The van der Waals surface area contributed by atoms with Gasteiger partial charge in [0.25, 0.3) is 35.4 Å². The van der Waals surface area contributed by atoms with Crippen LogP contribution in [0.1, 0.15) is 84.9 Å². The van der Waals surface area contributed by atoms with Crippen molar-refractivity contribution in [1.82, 2.24) is 26.1 Å². The van der Waals surface area contributed by atoms with Crippen LogP contribution in [-0.2, 0) is 157 Å². The number of carbonyl (C=O) groups excluding carboxylic acids is 9. The van der Waals surface area contributed by atoms with Crippen LogP contribution in [0.3, 0.4) is 0 Å². The molecule has 44 nitrogen and oxygen atoms in total. The van der Waals surface area contributed by atoms with E-state index in [0.717, 1.165) is 6.42 Å². The van der Waals surface area contributed by atoms with Crippen molar-refractivity contribution >= 4 is 53.3 Å². The van der Waals surface area contributed by atoms with E-state index in [-0.39, 0.29) is 140 Å². The molecule has 2 heterocycles. The predicted molar refractivity (Wildman–Crippen MR) is 425 cm³/mol. The van der Waals surface area contributed by atoms with Crippen LogP contribution in [0.2, 0.25) is 0 Å². The molecule has 0 saturated carbocycles. The van der Waals surface area contributed by atoms with E-state index in [1.165, 1.54) is 18.2 Å². The Bertz CT molecular complexity index is 2690. The second kappa shape index (κ2) is 82.3. The van der Waals surface area contributed by atoms with Crippen molar-refractivity contribution < 1.29 is 171 Å². The second-order valence-corrected chi connectivity index (χ2v) is 25.5. The number of imide groups is 2. The summed E-state index contributed by atoms with van der Waals surface area (Å²) in [6.07, 6.45) is 2.35.